The molecule has 0 unspecified atom stereocenters. The highest BCUT2D eigenvalue weighted by molar-refractivity contribution is 6.36. The summed E-state index contributed by atoms with van der Waals surface area (Å²) in [7, 11) is 0. The Hall–Kier alpha value is -1.28. The van der Waals surface area contributed by atoms with Crippen molar-refractivity contribution in [2.24, 2.45) is 0 Å². The fraction of sp³-hybridized carbons (Fsp3) is 0.300. The first-order chi connectivity index (χ1) is 11.0. The number of nitrogens with zero attached hydrogens (tertiary/aromatic N) is 1. The number of halogens is 2. The highest BCUT2D eigenvalue weighted by atomic mass is 35.5. The molecule has 0 radical (unpaired) electrons. The lowest BCUT2D eigenvalue weighted by molar-refractivity contribution is 0.337. The van der Waals surface area contributed by atoms with Crippen LogP contribution in [0.1, 0.15) is 26.3 Å². The highest BCUT2D eigenvalue weighted by Gasteiger charge is 2.05. The molecule has 0 N–H and O–H groups in total. The molecule has 0 saturated heterocycles. The lowest BCUT2D eigenvalue weighted by atomic mass is 10.0. The second kappa shape index (κ2) is 8.54. The largest absolute Gasteiger partial charge is 0.300 e. The molecule has 23 heavy (non-hydrogen) atoms. The maximum Gasteiger partial charge on any atom is 0.0499 e. The maximum absolute atomic E-state index is 6.28. The molecule has 0 aliphatic carbocycles. The van der Waals surface area contributed by atoms with Crippen molar-refractivity contribution in [3.8, 4) is 11.1 Å². The van der Waals surface area contributed by atoms with Gasteiger partial charge in [0.05, 0.1) is 0 Å². The normalized spacial score (nSPS) is 12.0. The summed E-state index contributed by atoms with van der Waals surface area (Å²) < 4.78 is 0. The van der Waals surface area contributed by atoms with Crippen molar-refractivity contribution < 1.29 is 0 Å². The van der Waals surface area contributed by atoms with Crippen molar-refractivity contribution in [2.45, 2.75) is 20.8 Å². The maximum atomic E-state index is 6.28. The van der Waals surface area contributed by atoms with Gasteiger partial charge in [0, 0.05) is 22.2 Å². The van der Waals surface area contributed by atoms with Gasteiger partial charge in [0.1, 0.15) is 0 Å². The van der Waals surface area contributed by atoms with E-state index in [-0.39, 0.29) is 0 Å². The van der Waals surface area contributed by atoms with Crippen LogP contribution in [-0.4, -0.2) is 24.5 Å². The van der Waals surface area contributed by atoms with Gasteiger partial charge in [-0.2, -0.15) is 0 Å². The number of hydrogen-bond acceptors (Lipinski definition) is 1. The molecule has 0 heterocycles. The van der Waals surface area contributed by atoms with E-state index in [9.17, 15) is 0 Å². The number of benzene rings is 2. The number of hydrogen-bond donors (Lipinski definition) is 0. The SMILES string of the molecule is CCN(CC)CC=C(C)c1ccc(-c2ccc(Cl)cc2Cl)cc1. The second-order valence-corrected chi connectivity index (χ2v) is 6.42. The molecule has 2 aromatic carbocycles. The summed E-state index contributed by atoms with van der Waals surface area (Å²) in [6.07, 6.45) is 2.29. The van der Waals surface area contributed by atoms with Gasteiger partial charge < -0.3 is 4.90 Å². The minimum Gasteiger partial charge on any atom is -0.300 e. The first-order valence-corrected chi connectivity index (χ1v) is 8.75. The van der Waals surface area contributed by atoms with Crippen LogP contribution in [0.25, 0.3) is 16.7 Å². The Morgan fingerprint density at radius 3 is 2.22 bits per heavy atom. The molecular formula is C20H23Cl2N. The van der Waals surface area contributed by atoms with Crippen LogP contribution in [0.3, 0.4) is 0 Å². The Bertz CT molecular complexity index is 671. The Balaban J connectivity index is 2.17. The van der Waals surface area contributed by atoms with Crippen molar-refractivity contribution >= 4 is 28.8 Å². The summed E-state index contributed by atoms with van der Waals surface area (Å²) in [6, 6.07) is 14.1. The monoisotopic (exact) mass is 347 g/mol. The number of allylic oxidation sites excluding steroid dienone is 1. The molecule has 0 amide bonds. The van der Waals surface area contributed by atoms with E-state index in [1.54, 1.807) is 6.07 Å². The number of likely N-dealkylation sites (N-methyl/N-ethyl adjacent to an activating group) is 1. The molecule has 0 spiro atoms. The van der Waals surface area contributed by atoms with E-state index in [1.165, 1.54) is 11.1 Å². The third-order valence-corrected chi connectivity index (χ3v) is 4.68. The minimum absolute atomic E-state index is 0.658. The summed E-state index contributed by atoms with van der Waals surface area (Å²) in [4.78, 5) is 2.39. The summed E-state index contributed by atoms with van der Waals surface area (Å²) in [5, 5.41) is 1.34. The lowest BCUT2D eigenvalue weighted by Crippen LogP contribution is -2.22. The van der Waals surface area contributed by atoms with Crippen LogP contribution in [0.5, 0.6) is 0 Å². The quantitative estimate of drug-likeness (QED) is 0.583. The van der Waals surface area contributed by atoms with Gasteiger partial charge in [-0.1, -0.05) is 73.5 Å². The topological polar surface area (TPSA) is 3.24 Å². The molecule has 0 aliphatic rings. The fourth-order valence-electron chi connectivity index (χ4n) is 2.50. The highest BCUT2D eigenvalue weighted by Crippen LogP contribution is 2.31. The van der Waals surface area contributed by atoms with Gasteiger partial charge in [0.15, 0.2) is 0 Å². The first-order valence-electron chi connectivity index (χ1n) is 8.00. The van der Waals surface area contributed by atoms with Crippen molar-refractivity contribution in [2.75, 3.05) is 19.6 Å². The average molecular weight is 348 g/mol. The van der Waals surface area contributed by atoms with Gasteiger partial charge in [-0.3, -0.25) is 0 Å². The smallest absolute Gasteiger partial charge is 0.0499 e. The van der Waals surface area contributed by atoms with E-state index in [4.69, 9.17) is 23.2 Å². The fourth-order valence-corrected chi connectivity index (χ4v) is 3.02. The van der Waals surface area contributed by atoms with Crippen LogP contribution in [-0.2, 0) is 0 Å². The van der Waals surface area contributed by atoms with E-state index in [2.05, 4.69) is 56.0 Å². The van der Waals surface area contributed by atoms with Gasteiger partial charge in [0.2, 0.25) is 0 Å². The predicted molar refractivity (Wildman–Crippen MR) is 103 cm³/mol. The van der Waals surface area contributed by atoms with Crippen LogP contribution < -0.4 is 0 Å². The molecule has 0 saturated carbocycles. The van der Waals surface area contributed by atoms with Crippen molar-refractivity contribution in [1.82, 2.24) is 4.90 Å². The third-order valence-electron chi connectivity index (χ3n) is 4.13. The summed E-state index contributed by atoms with van der Waals surface area (Å²) in [5.74, 6) is 0. The molecule has 0 aliphatic heterocycles. The Morgan fingerprint density at radius 1 is 1.00 bits per heavy atom. The first kappa shape index (κ1) is 18.1. The zero-order valence-corrected chi connectivity index (χ0v) is 15.5. The van der Waals surface area contributed by atoms with Crippen LogP contribution in [0, 0.1) is 0 Å². The predicted octanol–water partition coefficient (Wildman–Crippen LogP) is 6.41. The second-order valence-electron chi connectivity index (χ2n) is 5.57. The molecule has 0 aromatic heterocycles. The van der Waals surface area contributed by atoms with Gasteiger partial charge in [-0.05, 0) is 48.8 Å². The zero-order valence-electron chi connectivity index (χ0n) is 13.9. The van der Waals surface area contributed by atoms with E-state index >= 15 is 0 Å². The van der Waals surface area contributed by atoms with Crippen molar-refractivity contribution in [3.63, 3.8) is 0 Å². The van der Waals surface area contributed by atoms with Crippen molar-refractivity contribution in [1.29, 1.82) is 0 Å². The molecular weight excluding hydrogens is 325 g/mol. The molecule has 2 aromatic rings. The minimum atomic E-state index is 0.658. The van der Waals surface area contributed by atoms with Crippen LogP contribution in [0.2, 0.25) is 10.0 Å². The molecule has 122 valence electrons. The van der Waals surface area contributed by atoms with Crippen LogP contribution in [0.4, 0.5) is 0 Å². The molecule has 0 fully saturated rings. The molecule has 0 bridgehead atoms. The number of rotatable bonds is 6. The van der Waals surface area contributed by atoms with E-state index in [1.807, 2.05) is 12.1 Å². The Labute approximate surface area is 149 Å². The molecule has 1 nitrogen and oxygen atoms in total. The third kappa shape index (κ3) is 4.84. The van der Waals surface area contributed by atoms with Crippen LogP contribution >= 0.6 is 23.2 Å². The standard InChI is InChI=1S/C20H23Cl2N/c1-4-23(5-2)13-12-15(3)16-6-8-17(9-7-16)19-11-10-18(21)14-20(19)22/h6-12,14H,4-5,13H2,1-3H3. The van der Waals surface area contributed by atoms with Crippen LogP contribution in [0.15, 0.2) is 48.5 Å². The van der Waals surface area contributed by atoms with Gasteiger partial charge in [-0.15, -0.1) is 0 Å². The molecule has 2 rings (SSSR count). The lowest BCUT2D eigenvalue weighted by Gasteiger charge is -2.16. The van der Waals surface area contributed by atoms with Crippen molar-refractivity contribution in [3.05, 3.63) is 64.1 Å². The van der Waals surface area contributed by atoms with E-state index in [0.29, 0.717) is 10.0 Å². The van der Waals surface area contributed by atoms with Gasteiger partial charge in [-0.25, -0.2) is 0 Å². The van der Waals surface area contributed by atoms with Gasteiger partial charge >= 0.3 is 0 Å². The Morgan fingerprint density at radius 2 is 1.65 bits per heavy atom. The van der Waals surface area contributed by atoms with E-state index in [0.717, 1.165) is 30.8 Å². The average Bonchev–Trinajstić information content (AvgIpc) is 2.56. The summed E-state index contributed by atoms with van der Waals surface area (Å²) in [5.41, 5.74) is 4.65. The van der Waals surface area contributed by atoms with Gasteiger partial charge in [0.25, 0.3) is 0 Å². The molecule has 0 atom stereocenters. The zero-order chi connectivity index (χ0) is 16.8. The van der Waals surface area contributed by atoms with E-state index < -0.39 is 0 Å². The molecule has 3 heteroatoms. The summed E-state index contributed by atoms with van der Waals surface area (Å²) in [6.45, 7) is 9.69. The Kier molecular flexibility index (Phi) is 6.71. The summed E-state index contributed by atoms with van der Waals surface area (Å²) >= 11 is 12.2.